The molecule has 21 heavy (non-hydrogen) atoms. The molecule has 3 N–H and O–H groups in total. The predicted octanol–water partition coefficient (Wildman–Crippen LogP) is 2.84. The van der Waals surface area contributed by atoms with E-state index in [1.807, 2.05) is 6.07 Å². The molecular formula is C14H18IN3O3. The van der Waals surface area contributed by atoms with E-state index in [-0.39, 0.29) is 29.9 Å². The van der Waals surface area contributed by atoms with Crippen molar-refractivity contribution in [1.29, 1.82) is 0 Å². The standard InChI is InChI=1S/C14H17N3O3.HI/c1-18-10-5-6-13(19-2)12(8-10)17-14(15)16-9-11-4-3-7-20-11;/h3-8H,9H2,1-2H3,(H3,15,16,17);1H. The molecule has 2 rings (SSSR count). The normalized spacial score (nSPS) is 10.7. The van der Waals surface area contributed by atoms with E-state index in [2.05, 4.69) is 10.3 Å². The Morgan fingerprint density at radius 2 is 2.10 bits per heavy atom. The Morgan fingerprint density at radius 1 is 1.29 bits per heavy atom. The smallest absolute Gasteiger partial charge is 0.193 e. The fraction of sp³-hybridized carbons (Fsp3) is 0.214. The minimum Gasteiger partial charge on any atom is -0.497 e. The fourth-order valence-electron chi connectivity index (χ4n) is 1.65. The van der Waals surface area contributed by atoms with Gasteiger partial charge in [0.2, 0.25) is 0 Å². The fourth-order valence-corrected chi connectivity index (χ4v) is 1.65. The number of hydrogen-bond acceptors (Lipinski definition) is 4. The van der Waals surface area contributed by atoms with Crippen LogP contribution in [0.5, 0.6) is 11.5 Å². The third-order valence-electron chi connectivity index (χ3n) is 2.65. The number of rotatable bonds is 5. The Kier molecular flexibility index (Phi) is 6.86. The number of benzene rings is 1. The summed E-state index contributed by atoms with van der Waals surface area (Å²) in [5.41, 5.74) is 6.53. The molecule has 0 unspecified atom stereocenters. The molecule has 0 bridgehead atoms. The molecule has 0 saturated heterocycles. The Hall–Kier alpha value is -1.90. The molecule has 1 aromatic carbocycles. The van der Waals surface area contributed by atoms with Gasteiger partial charge < -0.3 is 24.9 Å². The summed E-state index contributed by atoms with van der Waals surface area (Å²) < 4.78 is 15.6. The highest BCUT2D eigenvalue weighted by atomic mass is 127. The average molecular weight is 403 g/mol. The summed E-state index contributed by atoms with van der Waals surface area (Å²) >= 11 is 0. The predicted molar refractivity (Wildman–Crippen MR) is 92.6 cm³/mol. The number of anilines is 1. The van der Waals surface area contributed by atoms with Crippen molar-refractivity contribution in [3.8, 4) is 11.5 Å². The zero-order chi connectivity index (χ0) is 14.4. The van der Waals surface area contributed by atoms with Crippen molar-refractivity contribution in [3.05, 3.63) is 42.4 Å². The number of aliphatic imine (C=N–C) groups is 1. The molecule has 114 valence electrons. The molecule has 0 aliphatic carbocycles. The number of nitrogens with zero attached hydrogens (tertiary/aromatic N) is 1. The summed E-state index contributed by atoms with van der Waals surface area (Å²) in [7, 11) is 3.18. The van der Waals surface area contributed by atoms with Crippen LogP contribution in [0.3, 0.4) is 0 Å². The van der Waals surface area contributed by atoms with E-state index in [0.29, 0.717) is 23.7 Å². The molecule has 2 aromatic rings. The Bertz CT molecular complexity index is 585. The quantitative estimate of drug-likeness (QED) is 0.456. The number of guanidine groups is 1. The van der Waals surface area contributed by atoms with Gasteiger partial charge in [0.05, 0.1) is 26.2 Å². The second-order valence-corrected chi connectivity index (χ2v) is 3.97. The van der Waals surface area contributed by atoms with Crippen molar-refractivity contribution in [2.45, 2.75) is 6.54 Å². The second-order valence-electron chi connectivity index (χ2n) is 3.97. The van der Waals surface area contributed by atoms with Crippen LogP contribution >= 0.6 is 24.0 Å². The number of furan rings is 1. The van der Waals surface area contributed by atoms with Crippen LogP contribution in [0.4, 0.5) is 5.69 Å². The molecule has 0 aliphatic heterocycles. The first-order valence-corrected chi connectivity index (χ1v) is 6.04. The topological polar surface area (TPSA) is 82.0 Å². The zero-order valence-corrected chi connectivity index (χ0v) is 14.2. The zero-order valence-electron chi connectivity index (χ0n) is 11.8. The number of nitrogens with one attached hydrogen (secondary N) is 1. The van der Waals surface area contributed by atoms with Crippen LogP contribution in [0, 0.1) is 0 Å². The lowest BCUT2D eigenvalue weighted by atomic mass is 10.2. The summed E-state index contributed by atoms with van der Waals surface area (Å²) in [6, 6.07) is 9.03. The van der Waals surface area contributed by atoms with Crippen LogP contribution in [0.25, 0.3) is 0 Å². The van der Waals surface area contributed by atoms with Gasteiger partial charge in [-0.1, -0.05) is 0 Å². The van der Waals surface area contributed by atoms with Crippen molar-refractivity contribution in [3.63, 3.8) is 0 Å². The van der Waals surface area contributed by atoms with Crippen LogP contribution in [-0.4, -0.2) is 20.2 Å². The van der Waals surface area contributed by atoms with Gasteiger partial charge in [-0.05, 0) is 24.3 Å². The van der Waals surface area contributed by atoms with Crippen molar-refractivity contribution in [2.75, 3.05) is 19.5 Å². The van der Waals surface area contributed by atoms with Gasteiger partial charge in [0.15, 0.2) is 5.96 Å². The number of halogens is 1. The van der Waals surface area contributed by atoms with Gasteiger partial charge in [0, 0.05) is 6.07 Å². The van der Waals surface area contributed by atoms with Gasteiger partial charge in [0.1, 0.15) is 23.8 Å². The van der Waals surface area contributed by atoms with Crippen molar-refractivity contribution in [1.82, 2.24) is 0 Å². The largest absolute Gasteiger partial charge is 0.497 e. The number of ether oxygens (including phenoxy) is 2. The van der Waals surface area contributed by atoms with E-state index < -0.39 is 0 Å². The van der Waals surface area contributed by atoms with Gasteiger partial charge >= 0.3 is 0 Å². The molecule has 7 heteroatoms. The van der Waals surface area contributed by atoms with Gasteiger partial charge in [-0.2, -0.15) is 0 Å². The molecule has 0 atom stereocenters. The second kappa shape index (κ2) is 8.40. The summed E-state index contributed by atoms with van der Waals surface area (Å²) in [6.45, 7) is 0.373. The monoisotopic (exact) mass is 403 g/mol. The molecule has 0 radical (unpaired) electrons. The van der Waals surface area contributed by atoms with E-state index in [4.69, 9.17) is 19.6 Å². The molecule has 6 nitrogen and oxygen atoms in total. The summed E-state index contributed by atoms with van der Waals surface area (Å²) in [4.78, 5) is 4.19. The van der Waals surface area contributed by atoms with Crippen LogP contribution in [0.1, 0.15) is 5.76 Å². The average Bonchev–Trinajstić information content (AvgIpc) is 2.98. The van der Waals surface area contributed by atoms with E-state index in [0.717, 1.165) is 5.76 Å². The summed E-state index contributed by atoms with van der Waals surface area (Å²) in [5.74, 6) is 2.37. The lowest BCUT2D eigenvalue weighted by Gasteiger charge is -2.11. The number of nitrogens with two attached hydrogens (primary N) is 1. The minimum atomic E-state index is 0. The maximum Gasteiger partial charge on any atom is 0.193 e. The first-order valence-electron chi connectivity index (χ1n) is 6.04. The third-order valence-corrected chi connectivity index (χ3v) is 2.65. The Labute approximate surface area is 140 Å². The van der Waals surface area contributed by atoms with Crippen LogP contribution < -0.4 is 20.5 Å². The highest BCUT2D eigenvalue weighted by molar-refractivity contribution is 14.0. The first kappa shape index (κ1) is 17.2. The highest BCUT2D eigenvalue weighted by Gasteiger charge is 2.06. The molecule has 0 spiro atoms. The molecule has 0 amide bonds. The van der Waals surface area contributed by atoms with E-state index in [1.54, 1.807) is 44.7 Å². The number of methoxy groups -OCH3 is 2. The van der Waals surface area contributed by atoms with Gasteiger partial charge in [-0.3, -0.25) is 0 Å². The molecule has 0 saturated carbocycles. The first-order chi connectivity index (χ1) is 9.72. The van der Waals surface area contributed by atoms with Crippen LogP contribution in [-0.2, 0) is 6.54 Å². The molecule has 1 heterocycles. The Balaban J connectivity index is 0.00000220. The third kappa shape index (κ3) is 4.85. The maximum absolute atomic E-state index is 5.84. The maximum atomic E-state index is 5.84. The summed E-state index contributed by atoms with van der Waals surface area (Å²) in [5, 5.41) is 2.98. The molecule has 0 fully saturated rings. The molecular weight excluding hydrogens is 385 g/mol. The molecule has 1 aromatic heterocycles. The van der Waals surface area contributed by atoms with Gasteiger partial charge in [-0.15, -0.1) is 24.0 Å². The highest BCUT2D eigenvalue weighted by Crippen LogP contribution is 2.28. The molecule has 0 aliphatic rings. The van der Waals surface area contributed by atoms with Crippen LogP contribution in [0.2, 0.25) is 0 Å². The van der Waals surface area contributed by atoms with Gasteiger partial charge in [-0.25, -0.2) is 4.99 Å². The number of hydrogen-bond donors (Lipinski definition) is 2. The van der Waals surface area contributed by atoms with E-state index in [1.165, 1.54) is 0 Å². The Morgan fingerprint density at radius 3 is 2.71 bits per heavy atom. The van der Waals surface area contributed by atoms with Crippen molar-refractivity contribution in [2.24, 2.45) is 10.7 Å². The summed E-state index contributed by atoms with van der Waals surface area (Å²) in [6.07, 6.45) is 1.60. The van der Waals surface area contributed by atoms with E-state index in [9.17, 15) is 0 Å². The SMILES string of the molecule is COc1ccc(OC)c(NC(N)=NCc2ccco2)c1.I. The minimum absolute atomic E-state index is 0. The lowest BCUT2D eigenvalue weighted by molar-refractivity contribution is 0.405. The van der Waals surface area contributed by atoms with Crippen molar-refractivity contribution < 1.29 is 13.9 Å². The van der Waals surface area contributed by atoms with Gasteiger partial charge in [0.25, 0.3) is 0 Å². The van der Waals surface area contributed by atoms with Crippen LogP contribution in [0.15, 0.2) is 46.0 Å². The lowest BCUT2D eigenvalue weighted by Crippen LogP contribution is -2.23. The van der Waals surface area contributed by atoms with E-state index >= 15 is 0 Å². The van der Waals surface area contributed by atoms with Crippen molar-refractivity contribution >= 4 is 35.6 Å².